The Labute approximate surface area is 127 Å². The second-order valence-electron chi connectivity index (χ2n) is 6.76. The van der Waals surface area contributed by atoms with E-state index in [-0.39, 0.29) is 12.3 Å². The molecule has 0 radical (unpaired) electrons. The van der Waals surface area contributed by atoms with Crippen LogP contribution in [0.1, 0.15) is 45.4 Å². The van der Waals surface area contributed by atoms with Crippen molar-refractivity contribution in [2.24, 2.45) is 11.8 Å². The molecule has 0 bridgehead atoms. The van der Waals surface area contributed by atoms with E-state index in [0.717, 1.165) is 51.9 Å². The number of carbonyl (C=O) groups is 2. The summed E-state index contributed by atoms with van der Waals surface area (Å²) in [7, 11) is 0. The van der Waals surface area contributed by atoms with Gasteiger partial charge in [-0.1, -0.05) is 6.92 Å². The first-order chi connectivity index (χ1) is 10.0. The summed E-state index contributed by atoms with van der Waals surface area (Å²) in [5.41, 5.74) is 0. The van der Waals surface area contributed by atoms with Gasteiger partial charge in [0.2, 0.25) is 5.91 Å². The summed E-state index contributed by atoms with van der Waals surface area (Å²) < 4.78 is 0. The molecule has 0 aromatic rings. The van der Waals surface area contributed by atoms with Crippen molar-refractivity contribution in [2.45, 2.75) is 45.4 Å². The molecule has 5 heteroatoms. The molecule has 2 atom stereocenters. The van der Waals surface area contributed by atoms with Crippen LogP contribution in [0.15, 0.2) is 0 Å². The maximum absolute atomic E-state index is 12.4. The topological polar surface area (TPSA) is 60.9 Å². The summed E-state index contributed by atoms with van der Waals surface area (Å²) in [5.74, 6) is 0.584. The number of likely N-dealkylation sites (tertiary alicyclic amines) is 2. The van der Waals surface area contributed by atoms with Gasteiger partial charge in [-0.05, 0) is 50.5 Å². The lowest BCUT2D eigenvalue weighted by atomic mass is 9.93. The van der Waals surface area contributed by atoms with Crippen LogP contribution in [0.5, 0.6) is 0 Å². The summed E-state index contributed by atoms with van der Waals surface area (Å²) in [5, 5.41) is 8.78. The number of hydrogen-bond acceptors (Lipinski definition) is 3. The van der Waals surface area contributed by atoms with Crippen LogP contribution < -0.4 is 0 Å². The van der Waals surface area contributed by atoms with Crippen LogP contribution in [0.3, 0.4) is 0 Å². The second-order valence-corrected chi connectivity index (χ2v) is 6.76. The third-order valence-corrected chi connectivity index (χ3v) is 4.74. The lowest BCUT2D eigenvalue weighted by Crippen LogP contribution is -2.47. The third-order valence-electron chi connectivity index (χ3n) is 4.74. The first-order valence-corrected chi connectivity index (χ1v) is 8.26. The fraction of sp³-hybridized carbons (Fsp3) is 0.875. The fourth-order valence-corrected chi connectivity index (χ4v) is 3.57. The van der Waals surface area contributed by atoms with E-state index in [9.17, 15) is 9.59 Å². The minimum atomic E-state index is -0.717. The van der Waals surface area contributed by atoms with E-state index in [0.29, 0.717) is 18.4 Å². The molecule has 2 aliphatic heterocycles. The summed E-state index contributed by atoms with van der Waals surface area (Å²) in [4.78, 5) is 27.3. The van der Waals surface area contributed by atoms with E-state index in [4.69, 9.17) is 5.11 Å². The van der Waals surface area contributed by atoms with Gasteiger partial charge >= 0.3 is 5.97 Å². The first-order valence-electron chi connectivity index (χ1n) is 8.26. The average molecular weight is 296 g/mol. The van der Waals surface area contributed by atoms with Crippen molar-refractivity contribution in [3.63, 3.8) is 0 Å². The molecule has 2 unspecified atom stereocenters. The maximum Gasteiger partial charge on any atom is 0.303 e. The van der Waals surface area contributed by atoms with Crippen molar-refractivity contribution in [1.82, 2.24) is 9.80 Å². The van der Waals surface area contributed by atoms with Crippen molar-refractivity contribution >= 4 is 11.9 Å². The number of hydrogen-bond donors (Lipinski definition) is 1. The van der Waals surface area contributed by atoms with Gasteiger partial charge in [0.15, 0.2) is 0 Å². The van der Waals surface area contributed by atoms with Gasteiger partial charge in [0, 0.05) is 26.1 Å². The Hall–Kier alpha value is -1.10. The van der Waals surface area contributed by atoms with Crippen LogP contribution in [0.2, 0.25) is 0 Å². The first kappa shape index (κ1) is 16.3. The van der Waals surface area contributed by atoms with Crippen LogP contribution in [-0.4, -0.2) is 59.5 Å². The largest absolute Gasteiger partial charge is 0.481 e. The van der Waals surface area contributed by atoms with Crippen LogP contribution in [-0.2, 0) is 9.59 Å². The maximum atomic E-state index is 12.4. The molecule has 0 saturated carbocycles. The molecule has 5 nitrogen and oxygen atoms in total. The van der Waals surface area contributed by atoms with Crippen molar-refractivity contribution in [3.8, 4) is 0 Å². The van der Waals surface area contributed by atoms with E-state index in [1.165, 1.54) is 6.42 Å². The van der Waals surface area contributed by atoms with Crippen LogP contribution in [0, 0.1) is 11.8 Å². The Balaban J connectivity index is 1.76. The molecule has 2 saturated heterocycles. The van der Waals surface area contributed by atoms with Crippen LogP contribution in [0.4, 0.5) is 0 Å². The van der Waals surface area contributed by atoms with Crippen molar-refractivity contribution in [2.75, 3.05) is 32.7 Å². The second kappa shape index (κ2) is 7.78. The van der Waals surface area contributed by atoms with Crippen LogP contribution in [0.25, 0.3) is 0 Å². The lowest BCUT2D eigenvalue weighted by Gasteiger charge is -2.36. The van der Waals surface area contributed by atoms with Gasteiger partial charge in [-0.3, -0.25) is 14.5 Å². The number of amides is 1. The Morgan fingerprint density at radius 3 is 2.62 bits per heavy atom. The van der Waals surface area contributed by atoms with E-state index in [1.807, 2.05) is 4.90 Å². The Kier molecular flexibility index (Phi) is 6.03. The molecule has 21 heavy (non-hydrogen) atoms. The molecule has 2 rings (SSSR count). The molecule has 0 spiro atoms. The molecule has 0 aliphatic carbocycles. The highest BCUT2D eigenvalue weighted by Crippen LogP contribution is 2.21. The molecule has 0 aromatic heterocycles. The predicted molar refractivity (Wildman–Crippen MR) is 81.0 cm³/mol. The normalized spacial score (nSPS) is 27.6. The van der Waals surface area contributed by atoms with Gasteiger partial charge in [-0.2, -0.15) is 0 Å². The SMILES string of the molecule is CC1CCCN(C(=O)CN2CCCC(CCC(=O)O)C2)C1. The molecule has 2 aliphatic rings. The van der Waals surface area contributed by atoms with E-state index in [1.54, 1.807) is 0 Å². The molecule has 1 N–H and O–H groups in total. The highest BCUT2D eigenvalue weighted by molar-refractivity contribution is 5.78. The van der Waals surface area contributed by atoms with Gasteiger partial charge in [-0.25, -0.2) is 0 Å². The van der Waals surface area contributed by atoms with Gasteiger partial charge < -0.3 is 10.0 Å². The van der Waals surface area contributed by atoms with Gasteiger partial charge in [-0.15, -0.1) is 0 Å². The van der Waals surface area contributed by atoms with E-state index >= 15 is 0 Å². The number of carboxylic acids is 1. The zero-order valence-corrected chi connectivity index (χ0v) is 13.1. The van der Waals surface area contributed by atoms with Gasteiger partial charge in [0.05, 0.1) is 6.54 Å². The zero-order chi connectivity index (χ0) is 15.2. The molecular formula is C16H28N2O3. The van der Waals surface area contributed by atoms with E-state index in [2.05, 4.69) is 11.8 Å². The number of nitrogens with zero attached hydrogens (tertiary/aromatic N) is 2. The van der Waals surface area contributed by atoms with Crippen molar-refractivity contribution < 1.29 is 14.7 Å². The summed E-state index contributed by atoms with van der Waals surface area (Å²) in [6, 6.07) is 0. The molecule has 0 aromatic carbocycles. The molecular weight excluding hydrogens is 268 g/mol. The quantitative estimate of drug-likeness (QED) is 0.840. The zero-order valence-electron chi connectivity index (χ0n) is 13.1. The lowest BCUT2D eigenvalue weighted by molar-refractivity contribution is -0.138. The third kappa shape index (κ3) is 5.30. The minimum absolute atomic E-state index is 0.246. The molecule has 1 amide bonds. The number of carboxylic acid groups (broad SMARTS) is 1. The minimum Gasteiger partial charge on any atom is -0.481 e. The van der Waals surface area contributed by atoms with Crippen molar-refractivity contribution in [1.29, 1.82) is 0 Å². The highest BCUT2D eigenvalue weighted by Gasteiger charge is 2.26. The highest BCUT2D eigenvalue weighted by atomic mass is 16.4. The average Bonchev–Trinajstić information content (AvgIpc) is 2.45. The number of piperidine rings is 2. The monoisotopic (exact) mass is 296 g/mol. The Morgan fingerprint density at radius 1 is 1.14 bits per heavy atom. The van der Waals surface area contributed by atoms with Gasteiger partial charge in [0.25, 0.3) is 0 Å². The fourth-order valence-electron chi connectivity index (χ4n) is 3.57. The Bertz CT molecular complexity index is 373. The summed E-state index contributed by atoms with van der Waals surface area (Å²) in [6.07, 6.45) is 5.50. The predicted octanol–water partition coefficient (Wildman–Crippen LogP) is 1.82. The smallest absolute Gasteiger partial charge is 0.303 e. The Morgan fingerprint density at radius 2 is 1.90 bits per heavy atom. The number of carbonyl (C=O) groups excluding carboxylic acids is 1. The molecule has 120 valence electrons. The number of rotatable bonds is 5. The van der Waals surface area contributed by atoms with Crippen LogP contribution >= 0.6 is 0 Å². The number of aliphatic carboxylic acids is 1. The standard InChI is InChI=1S/C16H28N2O3/c1-13-4-2-9-18(10-13)15(19)12-17-8-3-5-14(11-17)6-7-16(20)21/h13-14H,2-12H2,1H3,(H,20,21). The molecule has 2 fully saturated rings. The summed E-state index contributed by atoms with van der Waals surface area (Å²) in [6.45, 7) is 6.37. The van der Waals surface area contributed by atoms with E-state index < -0.39 is 5.97 Å². The molecule has 2 heterocycles. The summed E-state index contributed by atoms with van der Waals surface area (Å²) >= 11 is 0. The van der Waals surface area contributed by atoms with Crippen molar-refractivity contribution in [3.05, 3.63) is 0 Å². The van der Waals surface area contributed by atoms with Gasteiger partial charge in [0.1, 0.15) is 0 Å².